The summed E-state index contributed by atoms with van der Waals surface area (Å²) in [5, 5.41) is 0.385. The molecule has 19 heavy (non-hydrogen) atoms. The van der Waals surface area contributed by atoms with Gasteiger partial charge in [0.1, 0.15) is 5.82 Å². The van der Waals surface area contributed by atoms with Gasteiger partial charge in [0.15, 0.2) is 0 Å². The minimum atomic E-state index is -0.509. The van der Waals surface area contributed by atoms with E-state index in [-0.39, 0.29) is 17.5 Å². The van der Waals surface area contributed by atoms with Gasteiger partial charge >= 0.3 is 0 Å². The van der Waals surface area contributed by atoms with Crippen molar-refractivity contribution in [1.82, 2.24) is 4.90 Å². The van der Waals surface area contributed by atoms with Crippen molar-refractivity contribution in [1.29, 1.82) is 0 Å². The fourth-order valence-electron chi connectivity index (χ4n) is 2.65. The summed E-state index contributed by atoms with van der Waals surface area (Å²) in [4.78, 5) is 14.0. The first-order chi connectivity index (χ1) is 8.99. The van der Waals surface area contributed by atoms with E-state index in [0.29, 0.717) is 5.02 Å². The van der Waals surface area contributed by atoms with Crippen LogP contribution in [0.25, 0.3) is 0 Å². The second-order valence-corrected chi connectivity index (χ2v) is 5.89. The van der Waals surface area contributed by atoms with Gasteiger partial charge in [-0.3, -0.25) is 4.79 Å². The maximum Gasteiger partial charge on any atom is 0.256 e. The Morgan fingerprint density at radius 3 is 2.58 bits per heavy atom. The van der Waals surface area contributed by atoms with Crippen LogP contribution in [0.3, 0.4) is 0 Å². The van der Waals surface area contributed by atoms with Crippen molar-refractivity contribution in [2.24, 2.45) is 5.92 Å². The predicted octanol–water partition coefficient (Wildman–Crippen LogP) is 4.13. The lowest BCUT2D eigenvalue weighted by molar-refractivity contribution is 0.0675. The van der Waals surface area contributed by atoms with Crippen LogP contribution >= 0.6 is 11.6 Å². The van der Waals surface area contributed by atoms with Crippen LogP contribution in [0.1, 0.15) is 43.0 Å². The summed E-state index contributed by atoms with van der Waals surface area (Å²) < 4.78 is 13.7. The van der Waals surface area contributed by atoms with Crippen LogP contribution in [-0.2, 0) is 0 Å². The van der Waals surface area contributed by atoms with Crippen molar-refractivity contribution in [2.75, 3.05) is 7.05 Å². The number of benzene rings is 1. The number of hydrogen-bond donors (Lipinski definition) is 0. The van der Waals surface area contributed by atoms with Crippen molar-refractivity contribution >= 4 is 17.5 Å². The van der Waals surface area contributed by atoms with Crippen LogP contribution in [-0.4, -0.2) is 23.9 Å². The van der Waals surface area contributed by atoms with Gasteiger partial charge in [0.05, 0.1) is 5.56 Å². The summed E-state index contributed by atoms with van der Waals surface area (Å²) >= 11 is 5.83. The van der Waals surface area contributed by atoms with Gasteiger partial charge in [0.25, 0.3) is 5.91 Å². The minimum Gasteiger partial charge on any atom is -0.339 e. The molecule has 1 fully saturated rings. The van der Waals surface area contributed by atoms with Gasteiger partial charge in [-0.2, -0.15) is 0 Å². The first-order valence-corrected chi connectivity index (χ1v) is 7.09. The first-order valence-electron chi connectivity index (χ1n) is 6.71. The predicted molar refractivity (Wildman–Crippen MR) is 74.9 cm³/mol. The molecule has 1 aromatic rings. The molecule has 0 spiro atoms. The van der Waals surface area contributed by atoms with Crippen LogP contribution in [0.4, 0.5) is 4.39 Å². The largest absolute Gasteiger partial charge is 0.339 e. The Hall–Kier alpha value is -1.09. The fourth-order valence-corrected chi connectivity index (χ4v) is 2.82. The lowest BCUT2D eigenvalue weighted by atomic mass is 9.86. The van der Waals surface area contributed by atoms with E-state index in [9.17, 15) is 9.18 Å². The molecule has 0 N–H and O–H groups in total. The summed E-state index contributed by atoms with van der Waals surface area (Å²) in [7, 11) is 1.75. The Labute approximate surface area is 118 Å². The lowest BCUT2D eigenvalue weighted by Gasteiger charge is -2.33. The van der Waals surface area contributed by atoms with Crippen molar-refractivity contribution in [3.8, 4) is 0 Å². The molecule has 0 heterocycles. The summed E-state index contributed by atoms with van der Waals surface area (Å²) in [5.74, 6) is -0.0624. The highest BCUT2D eigenvalue weighted by Gasteiger charge is 2.26. The van der Waals surface area contributed by atoms with E-state index < -0.39 is 5.82 Å². The zero-order valence-corrected chi connectivity index (χ0v) is 12.1. The van der Waals surface area contributed by atoms with E-state index in [2.05, 4.69) is 6.92 Å². The summed E-state index contributed by atoms with van der Waals surface area (Å²) in [5.41, 5.74) is 0.0635. The molecule has 4 heteroatoms. The average molecular weight is 284 g/mol. The molecule has 0 unspecified atom stereocenters. The van der Waals surface area contributed by atoms with E-state index in [1.54, 1.807) is 11.9 Å². The lowest BCUT2D eigenvalue weighted by Crippen LogP contribution is -2.39. The molecule has 1 aromatic carbocycles. The number of carbonyl (C=O) groups excluding carboxylic acids is 1. The van der Waals surface area contributed by atoms with Crippen LogP contribution in [0.5, 0.6) is 0 Å². The Bertz CT molecular complexity index is 469. The van der Waals surface area contributed by atoms with E-state index in [0.717, 1.165) is 31.6 Å². The monoisotopic (exact) mass is 283 g/mol. The zero-order valence-electron chi connectivity index (χ0n) is 11.3. The second-order valence-electron chi connectivity index (χ2n) is 5.45. The van der Waals surface area contributed by atoms with E-state index in [4.69, 9.17) is 11.6 Å². The molecule has 0 aromatic heterocycles. The van der Waals surface area contributed by atoms with Gasteiger partial charge in [-0.1, -0.05) is 18.5 Å². The molecular weight excluding hydrogens is 265 g/mol. The fraction of sp³-hybridized carbons (Fsp3) is 0.533. The third kappa shape index (κ3) is 3.27. The van der Waals surface area contributed by atoms with E-state index in [1.165, 1.54) is 18.2 Å². The Morgan fingerprint density at radius 1 is 1.32 bits per heavy atom. The minimum absolute atomic E-state index is 0.0635. The number of hydrogen-bond acceptors (Lipinski definition) is 1. The molecule has 1 saturated carbocycles. The van der Waals surface area contributed by atoms with Crippen LogP contribution < -0.4 is 0 Å². The SMILES string of the molecule is CC1CCC(N(C)C(=O)c2cc(Cl)ccc2F)CC1. The van der Waals surface area contributed by atoms with Gasteiger partial charge in [-0.15, -0.1) is 0 Å². The van der Waals surface area contributed by atoms with Gasteiger partial charge in [-0.25, -0.2) is 4.39 Å². The van der Waals surface area contributed by atoms with E-state index in [1.807, 2.05) is 0 Å². The Balaban J connectivity index is 2.12. The number of nitrogens with zero attached hydrogens (tertiary/aromatic N) is 1. The quantitative estimate of drug-likeness (QED) is 0.799. The molecule has 104 valence electrons. The maximum absolute atomic E-state index is 13.7. The van der Waals surface area contributed by atoms with Gasteiger partial charge in [-0.05, 0) is 49.8 Å². The summed E-state index contributed by atoms with van der Waals surface area (Å²) in [6, 6.07) is 4.31. The van der Waals surface area contributed by atoms with Crippen molar-refractivity contribution in [3.63, 3.8) is 0 Å². The van der Waals surface area contributed by atoms with Crippen molar-refractivity contribution in [2.45, 2.75) is 38.6 Å². The normalized spacial score (nSPS) is 23.2. The molecular formula is C15H19ClFNO. The number of rotatable bonds is 2. The molecule has 0 atom stereocenters. The van der Waals surface area contributed by atoms with Gasteiger partial charge < -0.3 is 4.90 Å². The first kappa shape index (κ1) is 14.3. The average Bonchev–Trinajstić information content (AvgIpc) is 2.41. The third-order valence-electron chi connectivity index (χ3n) is 4.01. The third-order valence-corrected chi connectivity index (χ3v) is 4.25. The van der Waals surface area contributed by atoms with Crippen molar-refractivity contribution in [3.05, 3.63) is 34.6 Å². The maximum atomic E-state index is 13.7. The molecule has 1 amide bonds. The topological polar surface area (TPSA) is 20.3 Å². The summed E-state index contributed by atoms with van der Waals surface area (Å²) in [6.45, 7) is 2.23. The molecule has 0 radical (unpaired) electrons. The molecule has 1 aliphatic carbocycles. The van der Waals surface area contributed by atoms with Crippen molar-refractivity contribution < 1.29 is 9.18 Å². The highest BCUT2D eigenvalue weighted by molar-refractivity contribution is 6.31. The number of amides is 1. The van der Waals surface area contributed by atoms with Gasteiger partial charge in [0.2, 0.25) is 0 Å². The smallest absolute Gasteiger partial charge is 0.256 e. The van der Waals surface area contributed by atoms with Crippen LogP contribution in [0.15, 0.2) is 18.2 Å². The molecule has 2 nitrogen and oxygen atoms in total. The van der Waals surface area contributed by atoms with Crippen LogP contribution in [0.2, 0.25) is 5.02 Å². The Morgan fingerprint density at radius 2 is 1.95 bits per heavy atom. The molecule has 1 aliphatic rings. The summed E-state index contributed by atoms with van der Waals surface area (Å²) in [6.07, 6.45) is 4.23. The highest BCUT2D eigenvalue weighted by atomic mass is 35.5. The van der Waals surface area contributed by atoms with Gasteiger partial charge in [0, 0.05) is 18.1 Å². The molecule has 0 saturated heterocycles. The number of halogens is 2. The molecule has 0 bridgehead atoms. The van der Waals surface area contributed by atoms with E-state index >= 15 is 0 Å². The number of carbonyl (C=O) groups is 1. The Kier molecular flexibility index (Phi) is 4.46. The molecule has 2 rings (SSSR count). The standard InChI is InChI=1S/C15H19ClFNO/c1-10-3-6-12(7-4-10)18(2)15(19)13-9-11(16)5-8-14(13)17/h5,8-10,12H,3-4,6-7H2,1-2H3. The second kappa shape index (κ2) is 5.91. The molecule has 0 aliphatic heterocycles. The highest BCUT2D eigenvalue weighted by Crippen LogP contribution is 2.27. The zero-order chi connectivity index (χ0) is 14.0. The van der Waals surface area contributed by atoms with Crippen LogP contribution in [0, 0.1) is 11.7 Å².